The molecule has 0 atom stereocenters. The van der Waals surface area contributed by atoms with Crippen LogP contribution in [0.4, 0.5) is 0 Å². The van der Waals surface area contributed by atoms with E-state index >= 15 is 0 Å². The van der Waals surface area contributed by atoms with E-state index in [4.69, 9.17) is 11.6 Å². The minimum Gasteiger partial charge on any atom is -0.355 e. The van der Waals surface area contributed by atoms with Crippen molar-refractivity contribution in [2.75, 3.05) is 13.1 Å². The third kappa shape index (κ3) is 5.54. The standard InChI is InChI=1S/C11H16ClN3O3S/c1-8(2)5-14-11(16)7-15-19(17,18)9-3-4-10(12)13-6-9/h3-4,6,8,15H,5,7H2,1-2H3,(H,14,16). The van der Waals surface area contributed by atoms with Crippen molar-refractivity contribution in [3.8, 4) is 0 Å². The van der Waals surface area contributed by atoms with Gasteiger partial charge in [-0.25, -0.2) is 18.1 Å². The summed E-state index contributed by atoms with van der Waals surface area (Å²) in [7, 11) is -3.74. The van der Waals surface area contributed by atoms with Gasteiger partial charge in [-0.1, -0.05) is 25.4 Å². The van der Waals surface area contributed by atoms with E-state index < -0.39 is 10.0 Å². The molecule has 106 valence electrons. The van der Waals surface area contributed by atoms with E-state index in [1.165, 1.54) is 12.1 Å². The van der Waals surface area contributed by atoms with Gasteiger partial charge in [-0.3, -0.25) is 4.79 Å². The predicted molar refractivity (Wildman–Crippen MR) is 72.3 cm³/mol. The van der Waals surface area contributed by atoms with Crippen molar-refractivity contribution in [1.82, 2.24) is 15.0 Å². The summed E-state index contributed by atoms with van der Waals surface area (Å²) in [5.41, 5.74) is 0. The zero-order chi connectivity index (χ0) is 14.5. The third-order valence-electron chi connectivity index (χ3n) is 2.14. The number of carbonyl (C=O) groups is 1. The lowest BCUT2D eigenvalue weighted by atomic mass is 10.2. The molecule has 6 nitrogen and oxygen atoms in total. The van der Waals surface area contributed by atoms with Crippen LogP contribution in [0.25, 0.3) is 0 Å². The summed E-state index contributed by atoms with van der Waals surface area (Å²) in [5.74, 6) is -0.0692. The van der Waals surface area contributed by atoms with Crippen molar-refractivity contribution in [1.29, 1.82) is 0 Å². The van der Waals surface area contributed by atoms with Crippen molar-refractivity contribution in [2.24, 2.45) is 5.92 Å². The Morgan fingerprint density at radius 3 is 2.63 bits per heavy atom. The maximum Gasteiger partial charge on any atom is 0.242 e. The van der Waals surface area contributed by atoms with Crippen LogP contribution in [-0.4, -0.2) is 32.4 Å². The molecule has 1 aromatic rings. The Labute approximate surface area is 117 Å². The maximum atomic E-state index is 11.8. The van der Waals surface area contributed by atoms with Crippen molar-refractivity contribution in [3.63, 3.8) is 0 Å². The van der Waals surface area contributed by atoms with Gasteiger partial charge in [-0.2, -0.15) is 0 Å². The normalized spacial score (nSPS) is 11.6. The number of pyridine rings is 1. The van der Waals surface area contributed by atoms with Crippen LogP contribution in [0.2, 0.25) is 5.15 Å². The number of aromatic nitrogens is 1. The summed E-state index contributed by atoms with van der Waals surface area (Å²) < 4.78 is 25.8. The number of halogens is 1. The molecule has 0 aliphatic carbocycles. The SMILES string of the molecule is CC(C)CNC(=O)CNS(=O)(=O)c1ccc(Cl)nc1. The first-order valence-corrected chi connectivity index (χ1v) is 7.55. The van der Waals surface area contributed by atoms with E-state index in [0.29, 0.717) is 12.5 Å². The lowest BCUT2D eigenvalue weighted by Crippen LogP contribution is -2.38. The fourth-order valence-electron chi connectivity index (χ4n) is 1.15. The minimum atomic E-state index is -3.74. The number of hydrogen-bond donors (Lipinski definition) is 2. The fourth-order valence-corrected chi connectivity index (χ4v) is 2.18. The van der Waals surface area contributed by atoms with Crippen LogP contribution in [0.3, 0.4) is 0 Å². The number of sulfonamides is 1. The Balaban J connectivity index is 2.56. The molecule has 1 heterocycles. The molecule has 0 aliphatic rings. The molecule has 0 radical (unpaired) electrons. The van der Waals surface area contributed by atoms with E-state index in [1.54, 1.807) is 0 Å². The molecule has 0 bridgehead atoms. The Hall–Kier alpha value is -1.18. The molecular weight excluding hydrogens is 290 g/mol. The first-order chi connectivity index (χ1) is 8.81. The van der Waals surface area contributed by atoms with Crippen LogP contribution in [-0.2, 0) is 14.8 Å². The second kappa shape index (κ2) is 6.83. The van der Waals surface area contributed by atoms with E-state index in [0.717, 1.165) is 6.20 Å². The number of nitrogens with zero attached hydrogens (tertiary/aromatic N) is 1. The lowest BCUT2D eigenvalue weighted by Gasteiger charge is -2.09. The monoisotopic (exact) mass is 305 g/mol. The molecular formula is C11H16ClN3O3S. The van der Waals surface area contributed by atoms with Crippen LogP contribution >= 0.6 is 11.6 Å². The number of amides is 1. The molecule has 8 heteroatoms. The smallest absolute Gasteiger partial charge is 0.242 e. The second-order valence-corrected chi connectivity index (χ2v) is 6.49. The molecule has 0 aromatic carbocycles. The van der Waals surface area contributed by atoms with Crippen LogP contribution in [0.5, 0.6) is 0 Å². The summed E-state index contributed by atoms with van der Waals surface area (Å²) in [4.78, 5) is 15.0. The van der Waals surface area contributed by atoms with Gasteiger partial charge in [0.2, 0.25) is 15.9 Å². The highest BCUT2D eigenvalue weighted by molar-refractivity contribution is 7.89. The van der Waals surface area contributed by atoms with E-state index in [-0.39, 0.29) is 22.5 Å². The summed E-state index contributed by atoms with van der Waals surface area (Å²) in [6.07, 6.45) is 1.14. The van der Waals surface area contributed by atoms with E-state index in [9.17, 15) is 13.2 Å². The summed E-state index contributed by atoms with van der Waals surface area (Å²) in [6.45, 7) is 4.09. The van der Waals surface area contributed by atoms with Crippen LogP contribution in [0.15, 0.2) is 23.2 Å². The van der Waals surface area contributed by atoms with Gasteiger partial charge in [0, 0.05) is 12.7 Å². The highest BCUT2D eigenvalue weighted by Crippen LogP contribution is 2.10. The molecule has 0 unspecified atom stereocenters. The van der Waals surface area contributed by atoms with Crippen molar-refractivity contribution >= 4 is 27.5 Å². The molecule has 0 spiro atoms. The highest BCUT2D eigenvalue weighted by Gasteiger charge is 2.15. The lowest BCUT2D eigenvalue weighted by molar-refractivity contribution is -0.120. The molecule has 0 saturated heterocycles. The summed E-state index contributed by atoms with van der Waals surface area (Å²) in [6, 6.07) is 2.69. The van der Waals surface area contributed by atoms with E-state index in [2.05, 4.69) is 15.0 Å². The quantitative estimate of drug-likeness (QED) is 0.760. The van der Waals surface area contributed by atoms with Crippen molar-refractivity contribution < 1.29 is 13.2 Å². The molecule has 19 heavy (non-hydrogen) atoms. The van der Waals surface area contributed by atoms with Crippen molar-refractivity contribution in [3.05, 3.63) is 23.5 Å². The third-order valence-corrected chi connectivity index (χ3v) is 3.75. The number of hydrogen-bond acceptors (Lipinski definition) is 4. The van der Waals surface area contributed by atoms with Gasteiger partial charge in [-0.15, -0.1) is 0 Å². The molecule has 0 saturated carbocycles. The predicted octanol–water partition coefficient (Wildman–Crippen LogP) is 0.785. The molecule has 1 rings (SSSR count). The average molecular weight is 306 g/mol. The highest BCUT2D eigenvalue weighted by atomic mass is 35.5. The van der Waals surface area contributed by atoms with Gasteiger partial charge in [0.25, 0.3) is 0 Å². The Morgan fingerprint density at radius 1 is 1.42 bits per heavy atom. The van der Waals surface area contributed by atoms with Gasteiger partial charge >= 0.3 is 0 Å². The molecule has 1 aromatic heterocycles. The van der Waals surface area contributed by atoms with Gasteiger partial charge < -0.3 is 5.32 Å². The zero-order valence-electron chi connectivity index (χ0n) is 10.7. The van der Waals surface area contributed by atoms with E-state index in [1.807, 2.05) is 13.8 Å². The summed E-state index contributed by atoms with van der Waals surface area (Å²) in [5, 5.41) is 2.82. The van der Waals surface area contributed by atoms with Gasteiger partial charge in [0.05, 0.1) is 6.54 Å². The van der Waals surface area contributed by atoms with Crippen LogP contribution in [0, 0.1) is 5.92 Å². The number of rotatable bonds is 6. The van der Waals surface area contributed by atoms with Crippen molar-refractivity contribution in [2.45, 2.75) is 18.7 Å². The average Bonchev–Trinajstić information content (AvgIpc) is 2.34. The Morgan fingerprint density at radius 2 is 2.11 bits per heavy atom. The molecule has 2 N–H and O–H groups in total. The Bertz CT molecular complexity index is 529. The minimum absolute atomic E-state index is 0.0337. The first-order valence-electron chi connectivity index (χ1n) is 5.69. The second-order valence-electron chi connectivity index (χ2n) is 4.34. The van der Waals surface area contributed by atoms with Gasteiger partial charge in [0.1, 0.15) is 10.0 Å². The fraction of sp³-hybridized carbons (Fsp3) is 0.455. The topological polar surface area (TPSA) is 88.2 Å². The maximum absolute atomic E-state index is 11.8. The van der Waals surface area contributed by atoms with Gasteiger partial charge in [-0.05, 0) is 18.1 Å². The molecule has 0 aliphatic heterocycles. The van der Waals surface area contributed by atoms with Crippen LogP contribution < -0.4 is 10.0 Å². The zero-order valence-corrected chi connectivity index (χ0v) is 12.3. The number of nitrogens with one attached hydrogen (secondary N) is 2. The summed E-state index contributed by atoms with van der Waals surface area (Å²) >= 11 is 5.57. The largest absolute Gasteiger partial charge is 0.355 e. The number of carbonyl (C=O) groups excluding carboxylic acids is 1. The van der Waals surface area contributed by atoms with Crippen LogP contribution in [0.1, 0.15) is 13.8 Å². The van der Waals surface area contributed by atoms with Gasteiger partial charge in [0.15, 0.2) is 0 Å². The molecule has 1 amide bonds. The first kappa shape index (κ1) is 15.9. The molecule has 0 fully saturated rings. The Kier molecular flexibility index (Phi) is 5.71.